The van der Waals surface area contributed by atoms with Gasteiger partial charge in [-0.1, -0.05) is 25.1 Å². The van der Waals surface area contributed by atoms with Crippen LogP contribution in [0, 0.1) is 17.1 Å². The van der Waals surface area contributed by atoms with Crippen molar-refractivity contribution in [1.82, 2.24) is 5.32 Å². The van der Waals surface area contributed by atoms with E-state index in [-0.39, 0.29) is 5.82 Å². The van der Waals surface area contributed by atoms with Gasteiger partial charge in [-0.15, -0.1) is 0 Å². The average Bonchev–Trinajstić information content (AvgIpc) is 2.46. The molecule has 0 aliphatic carbocycles. The highest BCUT2D eigenvalue weighted by atomic mass is 19.1. The Hall–Kier alpha value is -2.18. The third kappa shape index (κ3) is 3.18. The maximum Gasteiger partial charge on any atom is 0.123 e. The summed E-state index contributed by atoms with van der Waals surface area (Å²) in [5, 5.41) is 12.2. The van der Waals surface area contributed by atoms with Crippen LogP contribution >= 0.6 is 0 Å². The fraction of sp³-hybridized carbons (Fsp3) is 0.188. The van der Waals surface area contributed by atoms with E-state index >= 15 is 0 Å². The lowest BCUT2D eigenvalue weighted by atomic mass is 9.98. The van der Waals surface area contributed by atoms with Crippen molar-refractivity contribution < 1.29 is 4.39 Å². The van der Waals surface area contributed by atoms with Crippen LogP contribution in [0.2, 0.25) is 0 Å². The summed E-state index contributed by atoms with van der Waals surface area (Å²) in [4.78, 5) is 0. The highest BCUT2D eigenvalue weighted by molar-refractivity contribution is 5.68. The van der Waals surface area contributed by atoms with Gasteiger partial charge in [-0.25, -0.2) is 4.39 Å². The van der Waals surface area contributed by atoms with Crippen LogP contribution in [0.5, 0.6) is 0 Å². The SMILES string of the molecule is CCNCc1ccc(F)cc1-c1cccc(C#N)c1. The van der Waals surface area contributed by atoms with Gasteiger partial charge >= 0.3 is 0 Å². The molecule has 2 aromatic rings. The monoisotopic (exact) mass is 254 g/mol. The van der Waals surface area contributed by atoms with Gasteiger partial charge < -0.3 is 5.32 Å². The minimum Gasteiger partial charge on any atom is -0.313 e. The van der Waals surface area contributed by atoms with E-state index in [9.17, 15) is 4.39 Å². The van der Waals surface area contributed by atoms with Crippen molar-refractivity contribution >= 4 is 0 Å². The Labute approximate surface area is 112 Å². The maximum absolute atomic E-state index is 13.5. The number of rotatable bonds is 4. The van der Waals surface area contributed by atoms with Crippen LogP contribution in [-0.4, -0.2) is 6.54 Å². The summed E-state index contributed by atoms with van der Waals surface area (Å²) in [6, 6.07) is 14.1. The Morgan fingerprint density at radius 3 is 2.79 bits per heavy atom. The van der Waals surface area contributed by atoms with E-state index in [1.165, 1.54) is 12.1 Å². The maximum atomic E-state index is 13.5. The quantitative estimate of drug-likeness (QED) is 0.906. The molecule has 0 atom stereocenters. The molecule has 0 aromatic heterocycles. The fourth-order valence-corrected chi connectivity index (χ4v) is 1.99. The highest BCUT2D eigenvalue weighted by Crippen LogP contribution is 2.25. The van der Waals surface area contributed by atoms with Crippen LogP contribution in [0.1, 0.15) is 18.1 Å². The van der Waals surface area contributed by atoms with Gasteiger partial charge in [0.15, 0.2) is 0 Å². The molecule has 0 saturated carbocycles. The first kappa shape index (κ1) is 13.3. The smallest absolute Gasteiger partial charge is 0.123 e. The number of hydrogen-bond donors (Lipinski definition) is 1. The second kappa shape index (κ2) is 6.12. The van der Waals surface area contributed by atoms with Gasteiger partial charge in [0.2, 0.25) is 0 Å². The predicted molar refractivity (Wildman–Crippen MR) is 73.9 cm³/mol. The highest BCUT2D eigenvalue weighted by Gasteiger charge is 2.07. The van der Waals surface area contributed by atoms with Gasteiger partial charge in [0.25, 0.3) is 0 Å². The molecule has 0 bridgehead atoms. The van der Waals surface area contributed by atoms with Crippen molar-refractivity contribution in [2.45, 2.75) is 13.5 Å². The fourth-order valence-electron chi connectivity index (χ4n) is 1.99. The Bertz CT molecular complexity index is 614. The summed E-state index contributed by atoms with van der Waals surface area (Å²) in [6.07, 6.45) is 0. The largest absolute Gasteiger partial charge is 0.313 e. The molecule has 3 heteroatoms. The molecular weight excluding hydrogens is 239 g/mol. The van der Waals surface area contributed by atoms with Gasteiger partial charge in [0, 0.05) is 6.54 Å². The Balaban J connectivity index is 2.47. The van der Waals surface area contributed by atoms with Crippen molar-refractivity contribution in [2.24, 2.45) is 0 Å². The number of hydrogen-bond acceptors (Lipinski definition) is 2. The molecular formula is C16H15FN2. The summed E-state index contributed by atoms with van der Waals surface area (Å²) in [5.74, 6) is -0.266. The van der Waals surface area contributed by atoms with E-state index in [1.54, 1.807) is 18.2 Å². The molecule has 2 nitrogen and oxygen atoms in total. The topological polar surface area (TPSA) is 35.8 Å². The molecule has 2 aromatic carbocycles. The Kier molecular flexibility index (Phi) is 4.27. The first-order valence-electron chi connectivity index (χ1n) is 6.24. The van der Waals surface area contributed by atoms with Crippen molar-refractivity contribution in [3.63, 3.8) is 0 Å². The normalized spacial score (nSPS) is 10.2. The van der Waals surface area contributed by atoms with Crippen LogP contribution in [0.4, 0.5) is 4.39 Å². The number of nitrogens with one attached hydrogen (secondary N) is 1. The molecule has 0 fully saturated rings. The molecule has 0 saturated heterocycles. The van der Waals surface area contributed by atoms with Gasteiger partial charge in [0.1, 0.15) is 5.82 Å². The van der Waals surface area contributed by atoms with Crippen molar-refractivity contribution in [3.8, 4) is 17.2 Å². The van der Waals surface area contributed by atoms with Crippen LogP contribution in [0.3, 0.4) is 0 Å². The Morgan fingerprint density at radius 2 is 2.05 bits per heavy atom. The number of nitrogens with zero attached hydrogens (tertiary/aromatic N) is 1. The molecule has 0 unspecified atom stereocenters. The molecule has 1 N–H and O–H groups in total. The zero-order valence-electron chi connectivity index (χ0n) is 10.8. The lowest BCUT2D eigenvalue weighted by molar-refractivity contribution is 0.626. The molecule has 0 amide bonds. The zero-order chi connectivity index (χ0) is 13.7. The second-order valence-corrected chi connectivity index (χ2v) is 4.27. The predicted octanol–water partition coefficient (Wildman–Crippen LogP) is 3.47. The van der Waals surface area contributed by atoms with E-state index in [4.69, 9.17) is 5.26 Å². The molecule has 0 spiro atoms. The van der Waals surface area contributed by atoms with E-state index in [2.05, 4.69) is 11.4 Å². The van der Waals surface area contributed by atoms with Crippen LogP contribution in [-0.2, 0) is 6.54 Å². The molecule has 0 aliphatic heterocycles. The number of benzene rings is 2. The molecule has 0 radical (unpaired) electrons. The summed E-state index contributed by atoms with van der Waals surface area (Å²) in [7, 11) is 0. The Morgan fingerprint density at radius 1 is 1.21 bits per heavy atom. The summed E-state index contributed by atoms with van der Waals surface area (Å²) in [5.41, 5.74) is 3.30. The number of halogens is 1. The van der Waals surface area contributed by atoms with Crippen LogP contribution in [0.15, 0.2) is 42.5 Å². The third-order valence-corrected chi connectivity index (χ3v) is 2.94. The first-order chi connectivity index (χ1) is 9.24. The number of nitriles is 1. The lowest BCUT2D eigenvalue weighted by Crippen LogP contribution is -2.12. The minimum absolute atomic E-state index is 0.266. The summed E-state index contributed by atoms with van der Waals surface area (Å²) >= 11 is 0. The van der Waals surface area contributed by atoms with Crippen LogP contribution in [0.25, 0.3) is 11.1 Å². The van der Waals surface area contributed by atoms with E-state index in [0.29, 0.717) is 12.1 Å². The standard InChI is InChI=1S/C16H15FN2/c1-2-19-11-14-6-7-15(17)9-16(14)13-5-3-4-12(8-13)10-18/h3-9,19H,2,11H2,1H3. The van der Waals surface area contributed by atoms with Gasteiger partial charge in [0.05, 0.1) is 11.6 Å². The molecule has 2 rings (SSSR count). The van der Waals surface area contributed by atoms with E-state index in [1.807, 2.05) is 19.1 Å². The molecule has 96 valence electrons. The minimum atomic E-state index is -0.266. The van der Waals surface area contributed by atoms with Crippen molar-refractivity contribution in [3.05, 3.63) is 59.4 Å². The average molecular weight is 254 g/mol. The third-order valence-electron chi connectivity index (χ3n) is 2.94. The zero-order valence-corrected chi connectivity index (χ0v) is 10.8. The second-order valence-electron chi connectivity index (χ2n) is 4.27. The molecule has 0 heterocycles. The molecule has 19 heavy (non-hydrogen) atoms. The van der Waals surface area contributed by atoms with Crippen molar-refractivity contribution in [2.75, 3.05) is 6.54 Å². The van der Waals surface area contributed by atoms with Gasteiger partial charge in [-0.05, 0) is 47.5 Å². The van der Waals surface area contributed by atoms with Crippen LogP contribution < -0.4 is 5.32 Å². The van der Waals surface area contributed by atoms with E-state index in [0.717, 1.165) is 23.2 Å². The van der Waals surface area contributed by atoms with E-state index < -0.39 is 0 Å². The molecule has 0 aliphatic rings. The summed E-state index contributed by atoms with van der Waals surface area (Å²) < 4.78 is 13.5. The van der Waals surface area contributed by atoms with Gasteiger partial charge in [-0.3, -0.25) is 0 Å². The van der Waals surface area contributed by atoms with Crippen molar-refractivity contribution in [1.29, 1.82) is 5.26 Å². The first-order valence-corrected chi connectivity index (χ1v) is 6.24. The summed E-state index contributed by atoms with van der Waals surface area (Å²) in [6.45, 7) is 3.57. The van der Waals surface area contributed by atoms with Gasteiger partial charge in [-0.2, -0.15) is 5.26 Å². The lowest BCUT2D eigenvalue weighted by Gasteiger charge is -2.10.